The van der Waals surface area contributed by atoms with Gasteiger partial charge in [-0.3, -0.25) is 4.79 Å². The Hall–Kier alpha value is -2.60. The molecule has 1 fully saturated rings. The van der Waals surface area contributed by atoms with Gasteiger partial charge in [0.1, 0.15) is 11.4 Å². The second-order valence-electron chi connectivity index (χ2n) is 8.06. The zero-order valence-electron chi connectivity index (χ0n) is 17.0. The van der Waals surface area contributed by atoms with Crippen LogP contribution < -0.4 is 0 Å². The Morgan fingerprint density at radius 1 is 1.18 bits per heavy atom. The number of carbonyl (C=O) groups excluding carboxylic acids is 1. The number of likely N-dealkylation sites (tertiary alicyclic amines) is 1. The quantitative estimate of drug-likeness (QED) is 0.753. The highest BCUT2D eigenvalue weighted by molar-refractivity contribution is 5.99. The summed E-state index contributed by atoms with van der Waals surface area (Å²) in [6.45, 7) is 9.46. The van der Waals surface area contributed by atoms with Gasteiger partial charge in [0.2, 0.25) is 0 Å². The normalized spacial score (nSPS) is 16.7. The van der Waals surface area contributed by atoms with Crippen LogP contribution in [0.2, 0.25) is 0 Å². The summed E-state index contributed by atoms with van der Waals surface area (Å²) >= 11 is 0. The average molecular weight is 381 g/mol. The van der Waals surface area contributed by atoms with E-state index >= 15 is 0 Å². The summed E-state index contributed by atoms with van der Waals surface area (Å²) in [5.41, 5.74) is 3.09. The molecule has 2 aromatic heterocycles. The molecule has 1 aromatic carbocycles. The lowest BCUT2D eigenvalue weighted by Gasteiger charge is -2.38. The Balaban J connectivity index is 1.51. The first-order chi connectivity index (χ1) is 13.3. The first kappa shape index (κ1) is 18.7. The van der Waals surface area contributed by atoms with Crippen LogP contribution in [0.5, 0.6) is 0 Å². The number of hydrogen-bond donors (Lipinski definition) is 1. The number of aromatic nitrogens is 2. The summed E-state index contributed by atoms with van der Waals surface area (Å²) < 4.78 is 7.98. The second-order valence-corrected chi connectivity index (χ2v) is 8.06. The zero-order chi connectivity index (χ0) is 20.1. The molecule has 6 heteroatoms. The maximum Gasteiger partial charge on any atom is 0.289 e. The molecule has 0 unspecified atom stereocenters. The molecule has 0 radical (unpaired) electrons. The minimum absolute atomic E-state index is 0.0911. The van der Waals surface area contributed by atoms with E-state index < -0.39 is 5.60 Å². The largest absolute Gasteiger partial charge is 0.450 e. The highest BCUT2D eigenvalue weighted by atomic mass is 16.3. The number of imidazole rings is 1. The van der Waals surface area contributed by atoms with Gasteiger partial charge in [-0.05, 0) is 51.7 Å². The monoisotopic (exact) mass is 381 g/mol. The van der Waals surface area contributed by atoms with Crippen LogP contribution in [-0.2, 0) is 6.54 Å². The van der Waals surface area contributed by atoms with E-state index in [0.717, 1.165) is 33.5 Å². The average Bonchev–Trinajstić information content (AvgIpc) is 3.22. The van der Waals surface area contributed by atoms with Crippen LogP contribution in [0.15, 0.2) is 28.9 Å². The number of furan rings is 1. The van der Waals surface area contributed by atoms with Gasteiger partial charge >= 0.3 is 0 Å². The van der Waals surface area contributed by atoms with Crippen molar-refractivity contribution in [3.05, 3.63) is 52.8 Å². The van der Waals surface area contributed by atoms with E-state index in [1.165, 1.54) is 0 Å². The van der Waals surface area contributed by atoms with Gasteiger partial charge in [0, 0.05) is 36.4 Å². The summed E-state index contributed by atoms with van der Waals surface area (Å²) in [5, 5.41) is 12.0. The lowest BCUT2D eigenvalue weighted by molar-refractivity contribution is -0.0301. The molecule has 3 aromatic rings. The Morgan fingerprint density at radius 3 is 2.54 bits per heavy atom. The van der Waals surface area contributed by atoms with Crippen molar-refractivity contribution in [1.29, 1.82) is 0 Å². The molecule has 0 spiro atoms. The van der Waals surface area contributed by atoms with Gasteiger partial charge in [-0.15, -0.1) is 0 Å². The maximum atomic E-state index is 13.1. The molecule has 0 saturated carbocycles. The van der Waals surface area contributed by atoms with Crippen molar-refractivity contribution in [2.75, 3.05) is 13.1 Å². The number of aliphatic hydroxyl groups is 1. The second kappa shape index (κ2) is 6.78. The van der Waals surface area contributed by atoms with Crippen molar-refractivity contribution in [3.63, 3.8) is 0 Å². The van der Waals surface area contributed by atoms with Crippen LogP contribution in [0.4, 0.5) is 0 Å². The smallest absolute Gasteiger partial charge is 0.289 e. The fourth-order valence-electron chi connectivity index (χ4n) is 4.04. The molecule has 1 N–H and O–H groups in total. The Labute approximate surface area is 164 Å². The number of hydrogen-bond acceptors (Lipinski definition) is 4. The van der Waals surface area contributed by atoms with Crippen molar-refractivity contribution in [2.24, 2.45) is 0 Å². The molecule has 4 rings (SSSR count). The number of aryl methyl sites for hydroxylation is 4. The molecule has 28 heavy (non-hydrogen) atoms. The van der Waals surface area contributed by atoms with Crippen LogP contribution in [-0.4, -0.2) is 44.2 Å². The number of rotatable bonds is 3. The van der Waals surface area contributed by atoms with Crippen molar-refractivity contribution in [3.8, 4) is 0 Å². The summed E-state index contributed by atoms with van der Waals surface area (Å²) in [6, 6.07) is 4.09. The van der Waals surface area contributed by atoms with Gasteiger partial charge in [-0.25, -0.2) is 4.98 Å². The third-order valence-corrected chi connectivity index (χ3v) is 6.19. The SMILES string of the molecule is Cc1ccc2c(C)c(C(=O)N3CCC(O)(Cn4ccnc4C)CC3)oc2c1C. The first-order valence-corrected chi connectivity index (χ1v) is 9.78. The van der Waals surface area contributed by atoms with Crippen LogP contribution in [0.3, 0.4) is 0 Å². The third kappa shape index (κ3) is 3.11. The molecule has 1 aliphatic heterocycles. The van der Waals surface area contributed by atoms with Crippen LogP contribution in [0.1, 0.15) is 45.9 Å². The van der Waals surface area contributed by atoms with Crippen molar-refractivity contribution >= 4 is 16.9 Å². The lowest BCUT2D eigenvalue weighted by atomic mass is 9.91. The zero-order valence-corrected chi connectivity index (χ0v) is 17.0. The van der Waals surface area contributed by atoms with Crippen molar-refractivity contribution in [2.45, 2.75) is 52.7 Å². The number of piperidine rings is 1. The topological polar surface area (TPSA) is 71.5 Å². The van der Waals surface area contributed by atoms with Gasteiger partial charge in [-0.2, -0.15) is 0 Å². The van der Waals surface area contributed by atoms with E-state index in [0.29, 0.717) is 38.2 Å². The first-order valence-electron chi connectivity index (χ1n) is 9.78. The van der Waals surface area contributed by atoms with Gasteiger partial charge < -0.3 is 19.0 Å². The summed E-state index contributed by atoms with van der Waals surface area (Å²) in [7, 11) is 0. The van der Waals surface area contributed by atoms with Gasteiger partial charge in [0.15, 0.2) is 5.76 Å². The molecule has 3 heterocycles. The number of benzene rings is 1. The summed E-state index contributed by atoms with van der Waals surface area (Å²) in [4.78, 5) is 19.1. The molecule has 1 amide bonds. The summed E-state index contributed by atoms with van der Waals surface area (Å²) in [6.07, 6.45) is 4.69. The lowest BCUT2D eigenvalue weighted by Crippen LogP contribution is -2.48. The van der Waals surface area contributed by atoms with E-state index in [4.69, 9.17) is 4.42 Å². The standard InChI is InChI=1S/C22H27N3O3/c1-14-5-6-18-16(3)20(28-19(18)15(14)2)21(26)24-10-7-22(27,8-11-24)13-25-12-9-23-17(25)4/h5-6,9,12,27H,7-8,10-11,13H2,1-4H3. The molecule has 148 valence electrons. The molecule has 1 aliphatic rings. The molecular weight excluding hydrogens is 354 g/mol. The molecule has 1 saturated heterocycles. The van der Waals surface area contributed by atoms with Crippen molar-refractivity contribution < 1.29 is 14.3 Å². The Kier molecular flexibility index (Phi) is 4.54. The number of amides is 1. The predicted octanol–water partition coefficient (Wildman–Crippen LogP) is 3.53. The minimum atomic E-state index is -0.821. The molecular formula is C22H27N3O3. The van der Waals surface area contributed by atoms with Crippen LogP contribution in [0, 0.1) is 27.7 Å². The fourth-order valence-corrected chi connectivity index (χ4v) is 4.04. The molecule has 0 atom stereocenters. The van der Waals surface area contributed by atoms with Gasteiger partial charge in [0.25, 0.3) is 5.91 Å². The Morgan fingerprint density at radius 2 is 1.89 bits per heavy atom. The van der Waals surface area contributed by atoms with E-state index in [1.54, 1.807) is 11.1 Å². The molecule has 0 aliphatic carbocycles. The van der Waals surface area contributed by atoms with Crippen LogP contribution in [0.25, 0.3) is 11.0 Å². The van der Waals surface area contributed by atoms with Crippen molar-refractivity contribution in [1.82, 2.24) is 14.5 Å². The number of fused-ring (bicyclic) bond motifs is 1. The third-order valence-electron chi connectivity index (χ3n) is 6.19. The molecule has 6 nitrogen and oxygen atoms in total. The van der Waals surface area contributed by atoms with Crippen LogP contribution >= 0.6 is 0 Å². The van der Waals surface area contributed by atoms with E-state index in [-0.39, 0.29) is 5.91 Å². The number of carbonyl (C=O) groups is 1. The summed E-state index contributed by atoms with van der Waals surface area (Å²) in [5.74, 6) is 1.21. The van der Waals surface area contributed by atoms with E-state index in [1.807, 2.05) is 44.5 Å². The fraction of sp³-hybridized carbons (Fsp3) is 0.455. The highest BCUT2D eigenvalue weighted by Crippen LogP contribution is 2.32. The van der Waals surface area contributed by atoms with Gasteiger partial charge in [-0.1, -0.05) is 12.1 Å². The van der Waals surface area contributed by atoms with E-state index in [2.05, 4.69) is 11.1 Å². The maximum absolute atomic E-state index is 13.1. The van der Waals surface area contributed by atoms with Gasteiger partial charge in [0.05, 0.1) is 12.1 Å². The number of nitrogens with zero attached hydrogens (tertiary/aromatic N) is 3. The predicted molar refractivity (Wildman–Crippen MR) is 107 cm³/mol. The van der Waals surface area contributed by atoms with E-state index in [9.17, 15) is 9.90 Å². The minimum Gasteiger partial charge on any atom is -0.450 e. The highest BCUT2D eigenvalue weighted by Gasteiger charge is 2.36. The Bertz CT molecular complexity index is 1040. The molecule has 0 bridgehead atoms.